The van der Waals surface area contributed by atoms with Crippen LogP contribution in [0.1, 0.15) is 48.5 Å². The predicted octanol–water partition coefficient (Wildman–Crippen LogP) is 2.14. The highest BCUT2D eigenvalue weighted by Crippen LogP contribution is 2.22. The quantitative estimate of drug-likeness (QED) is 0.776. The first-order valence-corrected chi connectivity index (χ1v) is 6.38. The molecular weight excluding hydrogens is 198 g/mol. The summed E-state index contributed by atoms with van der Waals surface area (Å²) in [6.45, 7) is 13.0. The van der Waals surface area contributed by atoms with Crippen molar-refractivity contribution in [1.82, 2.24) is 4.72 Å². The molecule has 0 radical (unpaired) electrons. The molecular formula is C10H23NO2S. The molecule has 0 unspecified atom stereocenters. The van der Waals surface area contributed by atoms with Crippen LogP contribution in [0.3, 0.4) is 0 Å². The second kappa shape index (κ2) is 3.81. The Labute approximate surface area is 88.3 Å². The van der Waals surface area contributed by atoms with Gasteiger partial charge in [-0.05, 0) is 33.1 Å². The SMILES string of the molecule is C[C@H](NS(=O)(=O)C(C)(C)C)C(C)(C)C. The van der Waals surface area contributed by atoms with Gasteiger partial charge >= 0.3 is 0 Å². The Bertz CT molecular complexity index is 280. The minimum Gasteiger partial charge on any atom is -0.212 e. The van der Waals surface area contributed by atoms with Gasteiger partial charge in [-0.25, -0.2) is 13.1 Å². The molecule has 0 aliphatic rings. The topological polar surface area (TPSA) is 46.2 Å². The third kappa shape index (κ3) is 3.58. The number of hydrogen-bond donors (Lipinski definition) is 1. The second-order valence-corrected chi connectivity index (χ2v) is 8.29. The molecule has 0 saturated heterocycles. The Morgan fingerprint density at radius 1 is 1.00 bits per heavy atom. The van der Waals surface area contributed by atoms with E-state index in [2.05, 4.69) is 4.72 Å². The smallest absolute Gasteiger partial charge is 0.212 e. The summed E-state index contributed by atoms with van der Waals surface area (Å²) in [7, 11) is -3.23. The first-order valence-electron chi connectivity index (χ1n) is 4.90. The summed E-state index contributed by atoms with van der Waals surface area (Å²) < 4.78 is 25.6. The molecule has 86 valence electrons. The van der Waals surface area contributed by atoms with Gasteiger partial charge in [-0.15, -0.1) is 0 Å². The van der Waals surface area contributed by atoms with Gasteiger partial charge < -0.3 is 0 Å². The monoisotopic (exact) mass is 221 g/mol. The van der Waals surface area contributed by atoms with Crippen molar-refractivity contribution in [2.24, 2.45) is 5.41 Å². The average molecular weight is 221 g/mol. The molecule has 0 aromatic carbocycles. The number of nitrogens with one attached hydrogen (secondary N) is 1. The molecule has 3 nitrogen and oxygen atoms in total. The van der Waals surface area contributed by atoms with Gasteiger partial charge in [-0.2, -0.15) is 0 Å². The molecule has 0 bridgehead atoms. The maximum Gasteiger partial charge on any atom is 0.216 e. The Morgan fingerprint density at radius 2 is 1.36 bits per heavy atom. The van der Waals surface area contributed by atoms with Gasteiger partial charge in [0.25, 0.3) is 0 Å². The summed E-state index contributed by atoms with van der Waals surface area (Å²) in [5.74, 6) is 0. The average Bonchev–Trinajstić information content (AvgIpc) is 1.80. The fraction of sp³-hybridized carbons (Fsp3) is 1.00. The summed E-state index contributed by atoms with van der Waals surface area (Å²) in [5.41, 5.74) is -0.0572. The molecule has 0 rings (SSSR count). The summed E-state index contributed by atoms with van der Waals surface area (Å²) in [6.07, 6.45) is 0. The van der Waals surface area contributed by atoms with E-state index in [1.54, 1.807) is 20.8 Å². The highest BCUT2D eigenvalue weighted by Gasteiger charge is 2.33. The van der Waals surface area contributed by atoms with Crippen molar-refractivity contribution < 1.29 is 8.42 Å². The van der Waals surface area contributed by atoms with Crippen molar-refractivity contribution in [3.05, 3.63) is 0 Å². The van der Waals surface area contributed by atoms with E-state index in [0.717, 1.165) is 0 Å². The Balaban J connectivity index is 4.72. The van der Waals surface area contributed by atoms with Crippen molar-refractivity contribution >= 4 is 10.0 Å². The van der Waals surface area contributed by atoms with Gasteiger partial charge in [-0.1, -0.05) is 20.8 Å². The molecule has 0 spiro atoms. The van der Waals surface area contributed by atoms with Crippen LogP contribution in [0, 0.1) is 5.41 Å². The van der Waals surface area contributed by atoms with Crippen LogP contribution in [0.25, 0.3) is 0 Å². The number of hydrogen-bond acceptors (Lipinski definition) is 2. The third-order valence-corrected chi connectivity index (χ3v) is 4.71. The van der Waals surface area contributed by atoms with Crippen LogP contribution in [0.2, 0.25) is 0 Å². The van der Waals surface area contributed by atoms with Crippen LogP contribution in [0.4, 0.5) is 0 Å². The van der Waals surface area contributed by atoms with E-state index in [4.69, 9.17) is 0 Å². The zero-order valence-electron chi connectivity index (χ0n) is 10.3. The van der Waals surface area contributed by atoms with Crippen molar-refractivity contribution in [3.63, 3.8) is 0 Å². The fourth-order valence-corrected chi connectivity index (χ4v) is 1.76. The third-order valence-electron chi connectivity index (χ3n) is 2.44. The zero-order valence-corrected chi connectivity index (χ0v) is 11.1. The van der Waals surface area contributed by atoms with Gasteiger partial charge in [0.2, 0.25) is 10.0 Å². The predicted molar refractivity (Wildman–Crippen MR) is 60.7 cm³/mol. The van der Waals surface area contributed by atoms with E-state index >= 15 is 0 Å². The first-order chi connectivity index (χ1) is 5.88. The normalized spacial score (nSPS) is 16.8. The van der Waals surface area contributed by atoms with Crippen LogP contribution < -0.4 is 4.72 Å². The molecule has 0 aromatic rings. The maximum atomic E-state index is 11.8. The molecule has 0 aromatic heterocycles. The lowest BCUT2D eigenvalue weighted by Gasteiger charge is -2.31. The van der Waals surface area contributed by atoms with Crippen molar-refractivity contribution in [3.8, 4) is 0 Å². The molecule has 0 fully saturated rings. The van der Waals surface area contributed by atoms with E-state index in [1.807, 2.05) is 27.7 Å². The molecule has 14 heavy (non-hydrogen) atoms. The lowest BCUT2D eigenvalue weighted by molar-refractivity contribution is 0.315. The number of rotatable bonds is 2. The molecule has 0 aliphatic carbocycles. The van der Waals surface area contributed by atoms with Crippen molar-refractivity contribution in [2.45, 2.75) is 59.3 Å². The number of sulfonamides is 1. The molecule has 0 aliphatic heterocycles. The van der Waals surface area contributed by atoms with Crippen LogP contribution in [0.5, 0.6) is 0 Å². The zero-order chi connectivity index (χ0) is 11.8. The van der Waals surface area contributed by atoms with Gasteiger partial charge in [0.15, 0.2) is 0 Å². The van der Waals surface area contributed by atoms with Gasteiger partial charge in [0.05, 0.1) is 4.75 Å². The fourth-order valence-electron chi connectivity index (χ4n) is 0.586. The largest absolute Gasteiger partial charge is 0.216 e. The summed E-state index contributed by atoms with van der Waals surface area (Å²) in [4.78, 5) is 0. The lowest BCUT2D eigenvalue weighted by Crippen LogP contribution is -2.48. The first kappa shape index (κ1) is 13.9. The highest BCUT2D eigenvalue weighted by molar-refractivity contribution is 7.90. The second-order valence-electron chi connectivity index (χ2n) is 5.82. The summed E-state index contributed by atoms with van der Waals surface area (Å²) in [6, 6.07) is -0.0632. The molecule has 0 amide bonds. The molecule has 1 atom stereocenters. The molecule has 0 saturated carbocycles. The van der Waals surface area contributed by atoms with E-state index in [-0.39, 0.29) is 11.5 Å². The highest BCUT2D eigenvalue weighted by atomic mass is 32.2. The van der Waals surface area contributed by atoms with E-state index < -0.39 is 14.8 Å². The van der Waals surface area contributed by atoms with E-state index in [1.165, 1.54) is 0 Å². The molecule has 1 N–H and O–H groups in total. The van der Waals surface area contributed by atoms with Gasteiger partial charge in [0.1, 0.15) is 0 Å². The van der Waals surface area contributed by atoms with Gasteiger partial charge in [0, 0.05) is 6.04 Å². The Hall–Kier alpha value is -0.0900. The van der Waals surface area contributed by atoms with Crippen LogP contribution in [-0.2, 0) is 10.0 Å². The Kier molecular flexibility index (Phi) is 3.79. The molecule has 0 heterocycles. The van der Waals surface area contributed by atoms with Crippen molar-refractivity contribution in [2.75, 3.05) is 0 Å². The van der Waals surface area contributed by atoms with E-state index in [0.29, 0.717) is 0 Å². The van der Waals surface area contributed by atoms with E-state index in [9.17, 15) is 8.42 Å². The maximum absolute atomic E-state index is 11.8. The minimum atomic E-state index is -3.23. The van der Waals surface area contributed by atoms with Crippen LogP contribution in [0.15, 0.2) is 0 Å². The standard InChI is InChI=1S/C10H23NO2S/c1-8(9(2,3)4)11-14(12,13)10(5,6)7/h8,11H,1-7H3/t8-/m0/s1. The molecule has 4 heteroatoms. The lowest BCUT2D eigenvalue weighted by atomic mass is 9.89. The van der Waals surface area contributed by atoms with Crippen molar-refractivity contribution in [1.29, 1.82) is 0 Å². The van der Waals surface area contributed by atoms with Crippen LogP contribution in [-0.4, -0.2) is 19.2 Å². The Morgan fingerprint density at radius 3 is 1.57 bits per heavy atom. The van der Waals surface area contributed by atoms with Crippen LogP contribution >= 0.6 is 0 Å². The minimum absolute atomic E-state index is 0.0572. The summed E-state index contributed by atoms with van der Waals surface area (Å²) >= 11 is 0. The summed E-state index contributed by atoms with van der Waals surface area (Å²) in [5, 5.41) is 0. The van der Waals surface area contributed by atoms with Gasteiger partial charge in [-0.3, -0.25) is 0 Å².